The summed E-state index contributed by atoms with van der Waals surface area (Å²) in [6.45, 7) is 6.35. The van der Waals surface area contributed by atoms with Gasteiger partial charge in [0.25, 0.3) is 11.5 Å². The quantitative estimate of drug-likeness (QED) is 0.475. The number of benzene rings is 1. The van der Waals surface area contributed by atoms with Crippen LogP contribution in [0.4, 0.5) is 11.5 Å². The number of aromatic nitrogens is 4. The molecule has 0 bridgehead atoms. The van der Waals surface area contributed by atoms with E-state index in [0.717, 1.165) is 11.1 Å². The van der Waals surface area contributed by atoms with E-state index in [2.05, 4.69) is 10.1 Å². The first-order valence-corrected chi connectivity index (χ1v) is 11.3. The van der Waals surface area contributed by atoms with Crippen molar-refractivity contribution < 1.29 is 9.53 Å². The fourth-order valence-corrected chi connectivity index (χ4v) is 4.00. The Bertz CT molecular complexity index is 1290. The van der Waals surface area contributed by atoms with Crippen molar-refractivity contribution in [1.29, 1.82) is 0 Å². The molecule has 3 aromatic rings. The second kappa shape index (κ2) is 10.7. The Balaban J connectivity index is 2.07. The maximum atomic E-state index is 13.7. The van der Waals surface area contributed by atoms with Gasteiger partial charge in [0.05, 0.1) is 24.4 Å². The number of carbonyl (C=O) groups is 1. The largest absolute Gasteiger partial charge is 0.383 e. The highest BCUT2D eigenvalue weighted by Gasteiger charge is 2.30. The summed E-state index contributed by atoms with van der Waals surface area (Å²) in [5, 5.41) is 4.59. The number of H-pyrrole nitrogens is 1. The Labute approximate surface area is 201 Å². The Morgan fingerprint density at radius 2 is 1.91 bits per heavy atom. The summed E-state index contributed by atoms with van der Waals surface area (Å²) in [5.41, 5.74) is 7.34. The molecule has 0 spiro atoms. The zero-order valence-corrected chi connectivity index (χ0v) is 20.5. The molecular weight excluding hydrogens is 460 g/mol. The number of carbonyl (C=O) groups excluding carboxylic acids is 1. The molecule has 10 nitrogen and oxygen atoms in total. The van der Waals surface area contributed by atoms with Crippen LogP contribution in [0.1, 0.15) is 40.5 Å². The van der Waals surface area contributed by atoms with E-state index in [9.17, 15) is 14.4 Å². The molecule has 34 heavy (non-hydrogen) atoms. The number of amides is 1. The average Bonchev–Trinajstić information content (AvgIpc) is 3.07. The van der Waals surface area contributed by atoms with Gasteiger partial charge in [-0.25, -0.2) is 9.48 Å². The van der Waals surface area contributed by atoms with Gasteiger partial charge in [-0.1, -0.05) is 48.4 Å². The Hall–Kier alpha value is -3.37. The number of hydrogen-bond acceptors (Lipinski definition) is 6. The molecule has 3 rings (SSSR count). The molecule has 2 heterocycles. The normalized spacial score (nSPS) is 11.1. The molecule has 11 heteroatoms. The van der Waals surface area contributed by atoms with E-state index < -0.39 is 17.2 Å². The molecule has 0 saturated heterocycles. The first-order chi connectivity index (χ1) is 16.2. The first kappa shape index (κ1) is 25.3. The van der Waals surface area contributed by atoms with Gasteiger partial charge in [-0.2, -0.15) is 5.10 Å². The number of aryl methyl sites for hydroxylation is 2. The number of nitrogen functional groups attached to an aromatic ring is 1. The maximum Gasteiger partial charge on any atom is 0.330 e. The van der Waals surface area contributed by atoms with Crippen molar-refractivity contribution in [1.82, 2.24) is 19.3 Å². The summed E-state index contributed by atoms with van der Waals surface area (Å²) in [6, 6.07) is 7.90. The maximum absolute atomic E-state index is 13.7. The van der Waals surface area contributed by atoms with E-state index in [0.29, 0.717) is 18.7 Å². The monoisotopic (exact) mass is 488 g/mol. The highest BCUT2D eigenvalue weighted by Crippen LogP contribution is 2.26. The Morgan fingerprint density at radius 1 is 1.24 bits per heavy atom. The molecule has 1 amide bonds. The van der Waals surface area contributed by atoms with Gasteiger partial charge in [0.2, 0.25) is 0 Å². The molecule has 0 aliphatic heterocycles. The summed E-state index contributed by atoms with van der Waals surface area (Å²) in [6.07, 6.45) is 0.609. The number of halogens is 1. The van der Waals surface area contributed by atoms with Crippen molar-refractivity contribution in [3.05, 3.63) is 72.6 Å². The molecule has 0 radical (unpaired) electrons. The number of aromatic amines is 1. The number of nitrogens with one attached hydrogen (secondary N) is 1. The zero-order valence-electron chi connectivity index (χ0n) is 19.7. The lowest BCUT2D eigenvalue weighted by atomic mass is 10.1. The molecule has 3 N–H and O–H groups in total. The van der Waals surface area contributed by atoms with Crippen LogP contribution in [-0.2, 0) is 17.8 Å². The van der Waals surface area contributed by atoms with Gasteiger partial charge in [0.1, 0.15) is 11.0 Å². The number of rotatable bonds is 9. The van der Waals surface area contributed by atoms with E-state index in [-0.39, 0.29) is 41.9 Å². The van der Waals surface area contributed by atoms with Gasteiger partial charge >= 0.3 is 5.69 Å². The fraction of sp³-hybridized carbons (Fsp3) is 0.391. The van der Waals surface area contributed by atoms with Crippen LogP contribution in [0, 0.1) is 13.8 Å². The lowest BCUT2D eigenvalue weighted by Crippen LogP contribution is -2.42. The van der Waals surface area contributed by atoms with Crippen LogP contribution < -0.4 is 21.9 Å². The van der Waals surface area contributed by atoms with Gasteiger partial charge in [0.15, 0.2) is 5.69 Å². The van der Waals surface area contributed by atoms with E-state index in [1.54, 1.807) is 6.92 Å². The van der Waals surface area contributed by atoms with Crippen molar-refractivity contribution in [2.24, 2.45) is 0 Å². The van der Waals surface area contributed by atoms with E-state index in [1.807, 2.05) is 38.1 Å². The van der Waals surface area contributed by atoms with Gasteiger partial charge < -0.3 is 10.5 Å². The Kier molecular flexibility index (Phi) is 7.95. The summed E-state index contributed by atoms with van der Waals surface area (Å²) < 4.78 is 7.92. The molecule has 0 unspecified atom stereocenters. The third-order valence-electron chi connectivity index (χ3n) is 5.43. The van der Waals surface area contributed by atoms with Crippen LogP contribution in [0.2, 0.25) is 5.15 Å². The van der Waals surface area contributed by atoms with Gasteiger partial charge in [0, 0.05) is 20.2 Å². The van der Waals surface area contributed by atoms with E-state index in [4.69, 9.17) is 22.1 Å². The van der Waals surface area contributed by atoms with Crippen LogP contribution in [0.25, 0.3) is 0 Å². The van der Waals surface area contributed by atoms with Gasteiger partial charge in [-0.15, -0.1) is 0 Å². The minimum atomic E-state index is -0.764. The molecule has 2 aromatic heterocycles. The minimum absolute atomic E-state index is 0.0197. The lowest BCUT2D eigenvalue weighted by molar-refractivity contribution is 0.0975. The summed E-state index contributed by atoms with van der Waals surface area (Å²) >= 11 is 6.61. The fourth-order valence-electron chi connectivity index (χ4n) is 3.68. The van der Waals surface area contributed by atoms with Crippen molar-refractivity contribution in [3.8, 4) is 0 Å². The highest BCUT2D eigenvalue weighted by atomic mass is 35.5. The van der Waals surface area contributed by atoms with Gasteiger partial charge in [-0.05, 0) is 25.8 Å². The smallest absolute Gasteiger partial charge is 0.330 e. The zero-order chi connectivity index (χ0) is 25.0. The van der Waals surface area contributed by atoms with Crippen LogP contribution in [0.15, 0.2) is 33.9 Å². The molecule has 1 aromatic carbocycles. The number of nitrogens with zero attached hydrogens (tertiary/aromatic N) is 4. The molecule has 0 atom stereocenters. The van der Waals surface area contributed by atoms with Crippen molar-refractivity contribution in [3.63, 3.8) is 0 Å². The highest BCUT2D eigenvalue weighted by molar-refractivity contribution is 6.34. The number of methoxy groups -OCH3 is 1. The topological polar surface area (TPSA) is 128 Å². The molecule has 0 aliphatic rings. The predicted octanol–water partition coefficient (Wildman–Crippen LogP) is 2.34. The van der Waals surface area contributed by atoms with Crippen molar-refractivity contribution >= 4 is 29.0 Å². The summed E-state index contributed by atoms with van der Waals surface area (Å²) in [7, 11) is 1.48. The van der Waals surface area contributed by atoms with Crippen LogP contribution in [-0.4, -0.2) is 45.5 Å². The van der Waals surface area contributed by atoms with Crippen molar-refractivity contribution in [2.45, 2.75) is 40.3 Å². The number of ether oxygens (including phenoxy) is 1. The molecule has 0 aliphatic carbocycles. The van der Waals surface area contributed by atoms with Crippen LogP contribution >= 0.6 is 11.6 Å². The minimum Gasteiger partial charge on any atom is -0.383 e. The van der Waals surface area contributed by atoms with Crippen molar-refractivity contribution in [2.75, 3.05) is 30.9 Å². The van der Waals surface area contributed by atoms with Crippen LogP contribution in [0.3, 0.4) is 0 Å². The first-order valence-electron chi connectivity index (χ1n) is 10.9. The number of nitrogens with two attached hydrogens (primary N) is 1. The third kappa shape index (κ3) is 5.07. The van der Waals surface area contributed by atoms with E-state index in [1.165, 1.54) is 21.3 Å². The van der Waals surface area contributed by atoms with Crippen LogP contribution in [0.5, 0.6) is 0 Å². The number of anilines is 2. The Morgan fingerprint density at radius 3 is 2.53 bits per heavy atom. The second-order valence-electron chi connectivity index (χ2n) is 7.99. The molecule has 0 saturated carbocycles. The number of hydrogen-bond donors (Lipinski definition) is 2. The standard InChI is InChI=1S/C23H29ClN6O4/c1-5-10-29-20(25)18(21(31)26-23(29)33)28(11-12-34-4)22(32)17-15(3)27-30(19(17)24)13-16-8-6-14(2)7-9-16/h6-9H,5,10-13,25H2,1-4H3,(H,26,31,33). The summed E-state index contributed by atoms with van der Waals surface area (Å²) in [5.74, 6) is -0.658. The average molecular weight is 489 g/mol. The second-order valence-corrected chi connectivity index (χ2v) is 8.35. The van der Waals surface area contributed by atoms with Gasteiger partial charge in [-0.3, -0.25) is 24.0 Å². The predicted molar refractivity (Wildman–Crippen MR) is 132 cm³/mol. The molecule has 0 fully saturated rings. The molecular formula is C23H29ClN6O4. The third-order valence-corrected chi connectivity index (χ3v) is 5.81. The van der Waals surface area contributed by atoms with E-state index >= 15 is 0 Å². The SMILES string of the molecule is CCCn1c(N)c(N(CCOC)C(=O)c2c(C)nn(Cc3ccc(C)cc3)c2Cl)c(=O)[nH]c1=O. The summed E-state index contributed by atoms with van der Waals surface area (Å²) in [4.78, 5) is 42.2. The lowest BCUT2D eigenvalue weighted by Gasteiger charge is -2.24. The molecule has 182 valence electrons.